The van der Waals surface area contributed by atoms with Gasteiger partial charge in [-0.15, -0.1) is 0 Å². The van der Waals surface area contributed by atoms with Crippen LogP contribution in [0.25, 0.3) is 11.0 Å². The number of aliphatic hydroxyl groups is 1. The topological polar surface area (TPSA) is 73.6 Å². The fourth-order valence-corrected chi connectivity index (χ4v) is 3.97. The molecule has 2 aromatic rings. The van der Waals surface area contributed by atoms with Crippen molar-refractivity contribution in [3.05, 3.63) is 23.8 Å². The number of nitrogens with one attached hydrogen (secondary N) is 1. The maximum absolute atomic E-state index is 12.4. The summed E-state index contributed by atoms with van der Waals surface area (Å²) in [7, 11) is 1.98. The lowest BCUT2D eigenvalue weighted by molar-refractivity contribution is 0.0950. The van der Waals surface area contributed by atoms with Gasteiger partial charge in [0.15, 0.2) is 0 Å². The van der Waals surface area contributed by atoms with Gasteiger partial charge in [-0.1, -0.05) is 0 Å². The first-order valence-corrected chi connectivity index (χ1v) is 9.52. The quantitative estimate of drug-likeness (QED) is 0.834. The molecule has 0 saturated carbocycles. The van der Waals surface area contributed by atoms with Crippen LogP contribution in [0.5, 0.6) is 0 Å². The second-order valence-corrected chi connectivity index (χ2v) is 7.37. The Kier molecular flexibility index (Phi) is 4.82. The average molecular weight is 357 g/mol. The molecule has 3 heterocycles. The zero-order valence-electron chi connectivity index (χ0n) is 15.3. The van der Waals surface area contributed by atoms with E-state index in [0.29, 0.717) is 18.7 Å². The Morgan fingerprint density at radius 3 is 2.85 bits per heavy atom. The smallest absolute Gasteiger partial charge is 0.251 e. The van der Waals surface area contributed by atoms with Crippen LogP contribution in [0.2, 0.25) is 0 Å². The maximum atomic E-state index is 12.4. The molecule has 7 nitrogen and oxygen atoms in total. The van der Waals surface area contributed by atoms with Crippen LogP contribution < -0.4 is 10.2 Å². The van der Waals surface area contributed by atoms with E-state index < -0.39 is 0 Å². The number of aryl methyl sites for hydroxylation is 1. The van der Waals surface area contributed by atoms with Crippen LogP contribution >= 0.6 is 0 Å². The molecule has 0 aliphatic carbocycles. The van der Waals surface area contributed by atoms with Crippen LogP contribution in [0.4, 0.5) is 5.95 Å². The zero-order chi connectivity index (χ0) is 18.1. The second-order valence-electron chi connectivity index (χ2n) is 7.37. The van der Waals surface area contributed by atoms with Crippen LogP contribution in [0, 0.1) is 0 Å². The van der Waals surface area contributed by atoms with Crippen molar-refractivity contribution in [1.29, 1.82) is 0 Å². The van der Waals surface area contributed by atoms with Crippen molar-refractivity contribution in [2.75, 3.05) is 44.2 Å². The summed E-state index contributed by atoms with van der Waals surface area (Å²) in [6.45, 7) is 5.30. The average Bonchev–Trinajstić information content (AvgIpc) is 3.36. The molecular formula is C19H27N5O2. The number of hydrogen-bond donors (Lipinski definition) is 2. The fourth-order valence-electron chi connectivity index (χ4n) is 3.97. The van der Waals surface area contributed by atoms with Crippen LogP contribution in [0.3, 0.4) is 0 Å². The molecule has 140 valence electrons. The normalized spacial score (nSPS) is 21.0. The minimum absolute atomic E-state index is 0.0464. The summed E-state index contributed by atoms with van der Waals surface area (Å²) in [4.78, 5) is 21.6. The lowest BCUT2D eigenvalue weighted by Gasteiger charge is -2.16. The van der Waals surface area contributed by atoms with E-state index >= 15 is 0 Å². The van der Waals surface area contributed by atoms with E-state index in [0.717, 1.165) is 49.6 Å². The molecule has 2 aliphatic rings. The largest absolute Gasteiger partial charge is 0.391 e. The molecule has 26 heavy (non-hydrogen) atoms. The van der Waals surface area contributed by atoms with E-state index in [1.54, 1.807) is 0 Å². The van der Waals surface area contributed by atoms with Crippen molar-refractivity contribution in [2.45, 2.75) is 25.4 Å². The van der Waals surface area contributed by atoms with Crippen molar-refractivity contribution in [3.63, 3.8) is 0 Å². The van der Waals surface area contributed by atoms with E-state index in [9.17, 15) is 9.90 Å². The summed E-state index contributed by atoms with van der Waals surface area (Å²) in [5.41, 5.74) is 2.45. The number of nitrogens with zero attached hydrogens (tertiary/aromatic N) is 4. The van der Waals surface area contributed by atoms with Gasteiger partial charge in [0.1, 0.15) is 0 Å². The summed E-state index contributed by atoms with van der Waals surface area (Å²) in [6.07, 6.45) is 3.02. The van der Waals surface area contributed by atoms with E-state index in [1.807, 2.05) is 29.8 Å². The van der Waals surface area contributed by atoms with Gasteiger partial charge in [0.2, 0.25) is 5.95 Å². The number of carbonyl (C=O) groups excluding carboxylic acids is 1. The third-order valence-corrected chi connectivity index (χ3v) is 5.48. The first-order valence-electron chi connectivity index (χ1n) is 9.52. The number of rotatable bonds is 5. The molecule has 1 amide bonds. The first-order chi connectivity index (χ1) is 12.6. The molecule has 7 heteroatoms. The molecule has 0 spiro atoms. The van der Waals surface area contributed by atoms with Gasteiger partial charge < -0.3 is 24.8 Å². The highest BCUT2D eigenvalue weighted by Gasteiger charge is 2.24. The number of anilines is 1. The Bertz CT molecular complexity index is 797. The lowest BCUT2D eigenvalue weighted by atomic mass is 10.2. The standard InChI is InChI=1S/C19H27N5O2/c1-22-17-5-4-14(18(26)20-7-11-23-8-2-3-9-23)12-16(17)21-19(22)24-10-6-15(25)13-24/h4-5,12,15,25H,2-3,6-11,13H2,1H3,(H,20,26)/t15-/m0/s1. The van der Waals surface area contributed by atoms with Crippen LogP contribution in [-0.4, -0.2) is 70.8 Å². The van der Waals surface area contributed by atoms with Crippen LogP contribution in [0.1, 0.15) is 29.6 Å². The molecule has 1 aromatic heterocycles. The Hall–Kier alpha value is -2.12. The van der Waals surface area contributed by atoms with Crippen molar-refractivity contribution in [3.8, 4) is 0 Å². The highest BCUT2D eigenvalue weighted by atomic mass is 16.3. The fraction of sp³-hybridized carbons (Fsp3) is 0.579. The van der Waals surface area contributed by atoms with Gasteiger partial charge in [0, 0.05) is 38.8 Å². The highest BCUT2D eigenvalue weighted by Crippen LogP contribution is 2.25. The molecule has 0 radical (unpaired) electrons. The molecule has 2 N–H and O–H groups in total. The third kappa shape index (κ3) is 3.41. The second kappa shape index (κ2) is 7.25. The molecule has 2 aliphatic heterocycles. The predicted octanol–water partition coefficient (Wildman–Crippen LogP) is 0.970. The Morgan fingerprint density at radius 2 is 2.12 bits per heavy atom. The molecule has 0 unspecified atom stereocenters. The molecule has 1 aromatic carbocycles. The summed E-state index contributed by atoms with van der Waals surface area (Å²) in [5, 5.41) is 12.8. The first kappa shape index (κ1) is 17.3. The SMILES string of the molecule is Cn1c(N2CC[C@H](O)C2)nc2cc(C(=O)NCCN3CCCC3)ccc21. The van der Waals surface area contributed by atoms with Gasteiger partial charge in [0.05, 0.1) is 17.1 Å². The van der Waals surface area contributed by atoms with Crippen LogP contribution in [0.15, 0.2) is 18.2 Å². The van der Waals surface area contributed by atoms with E-state index in [1.165, 1.54) is 12.8 Å². The van der Waals surface area contributed by atoms with E-state index in [4.69, 9.17) is 4.98 Å². The number of hydrogen-bond acceptors (Lipinski definition) is 5. The van der Waals surface area contributed by atoms with Crippen molar-refractivity contribution >= 4 is 22.9 Å². The minimum atomic E-state index is -0.285. The van der Waals surface area contributed by atoms with Crippen molar-refractivity contribution in [1.82, 2.24) is 19.8 Å². The third-order valence-electron chi connectivity index (χ3n) is 5.48. The van der Waals surface area contributed by atoms with Crippen molar-refractivity contribution < 1.29 is 9.90 Å². The molecular weight excluding hydrogens is 330 g/mol. The lowest BCUT2D eigenvalue weighted by Crippen LogP contribution is -2.33. The number of carbonyl (C=O) groups is 1. The number of β-amino-alcohol motifs (C(OH)–C–C–N with tert-alkyl or cyclic N) is 1. The number of aromatic nitrogens is 2. The highest BCUT2D eigenvalue weighted by molar-refractivity contribution is 5.97. The molecule has 0 bridgehead atoms. The van der Waals surface area contributed by atoms with Crippen molar-refractivity contribution in [2.24, 2.45) is 7.05 Å². The van der Waals surface area contributed by atoms with Gasteiger partial charge in [-0.3, -0.25) is 4.79 Å². The molecule has 2 saturated heterocycles. The molecule has 2 fully saturated rings. The summed E-state index contributed by atoms with van der Waals surface area (Å²) >= 11 is 0. The monoisotopic (exact) mass is 357 g/mol. The summed E-state index contributed by atoms with van der Waals surface area (Å²) in [6, 6.07) is 5.67. The summed E-state index contributed by atoms with van der Waals surface area (Å²) in [5.74, 6) is 0.804. The molecule has 1 atom stereocenters. The number of fused-ring (bicyclic) bond motifs is 1. The Morgan fingerprint density at radius 1 is 1.31 bits per heavy atom. The minimum Gasteiger partial charge on any atom is -0.391 e. The zero-order valence-corrected chi connectivity index (χ0v) is 15.3. The van der Waals surface area contributed by atoms with Gasteiger partial charge >= 0.3 is 0 Å². The predicted molar refractivity (Wildman–Crippen MR) is 102 cm³/mol. The summed E-state index contributed by atoms with van der Waals surface area (Å²) < 4.78 is 2.03. The Labute approximate surface area is 153 Å². The van der Waals surface area contributed by atoms with Gasteiger partial charge in [-0.25, -0.2) is 4.98 Å². The van der Waals surface area contributed by atoms with Gasteiger partial charge in [-0.2, -0.15) is 0 Å². The number of likely N-dealkylation sites (tertiary alicyclic amines) is 1. The number of imidazole rings is 1. The van der Waals surface area contributed by atoms with E-state index in [-0.39, 0.29) is 12.0 Å². The Balaban J connectivity index is 1.45. The molecule has 4 rings (SSSR count). The number of benzene rings is 1. The van der Waals surface area contributed by atoms with Crippen LogP contribution in [-0.2, 0) is 7.05 Å². The van der Waals surface area contributed by atoms with E-state index in [2.05, 4.69) is 15.1 Å². The number of amides is 1. The maximum Gasteiger partial charge on any atom is 0.251 e. The van der Waals surface area contributed by atoms with Gasteiger partial charge in [0.25, 0.3) is 5.91 Å². The number of aliphatic hydroxyl groups excluding tert-OH is 1. The van der Waals surface area contributed by atoms with Gasteiger partial charge in [-0.05, 0) is 50.6 Å².